The fourth-order valence-electron chi connectivity index (χ4n) is 2.40. The van der Waals surface area contributed by atoms with Gasteiger partial charge < -0.3 is 15.2 Å². The van der Waals surface area contributed by atoms with Crippen molar-refractivity contribution in [3.05, 3.63) is 29.8 Å². The molecule has 1 aromatic carbocycles. The third kappa shape index (κ3) is 5.49. The number of ether oxygens (including phenoxy) is 2. The molecule has 1 aliphatic rings. The number of nitrogens with zero attached hydrogens (tertiary/aromatic N) is 1. The minimum absolute atomic E-state index is 0.204. The standard InChI is InChI=1S/C16H26N2O2/c1-14(17)13-15-3-5-16(6-4-15)20-10-2-7-18-8-11-19-12-9-18/h3-6,14H,2,7-13,17H2,1H3. The second-order valence-corrected chi connectivity index (χ2v) is 5.48. The molecule has 1 fully saturated rings. The molecule has 0 saturated carbocycles. The molecular formula is C16H26N2O2. The Kier molecular flexibility index (Phi) is 6.30. The number of rotatable bonds is 7. The number of nitrogens with two attached hydrogens (primary N) is 1. The van der Waals surface area contributed by atoms with Gasteiger partial charge in [0.05, 0.1) is 19.8 Å². The van der Waals surface area contributed by atoms with Crippen LogP contribution in [0.1, 0.15) is 18.9 Å². The third-order valence-electron chi connectivity index (χ3n) is 3.47. The van der Waals surface area contributed by atoms with Gasteiger partial charge in [0, 0.05) is 25.7 Å². The van der Waals surface area contributed by atoms with Crippen LogP contribution in [0.4, 0.5) is 0 Å². The van der Waals surface area contributed by atoms with E-state index in [9.17, 15) is 0 Å². The predicted molar refractivity (Wildman–Crippen MR) is 81.2 cm³/mol. The van der Waals surface area contributed by atoms with E-state index in [1.807, 2.05) is 19.1 Å². The van der Waals surface area contributed by atoms with E-state index in [1.54, 1.807) is 0 Å². The van der Waals surface area contributed by atoms with E-state index in [0.29, 0.717) is 0 Å². The largest absolute Gasteiger partial charge is 0.494 e. The van der Waals surface area contributed by atoms with Crippen LogP contribution in [0.25, 0.3) is 0 Å². The molecule has 0 spiro atoms. The van der Waals surface area contributed by atoms with Crippen molar-refractivity contribution in [3.8, 4) is 5.75 Å². The molecule has 1 heterocycles. The van der Waals surface area contributed by atoms with Crippen LogP contribution in [0.2, 0.25) is 0 Å². The molecular weight excluding hydrogens is 252 g/mol. The smallest absolute Gasteiger partial charge is 0.119 e. The predicted octanol–water partition coefficient (Wildman–Crippen LogP) is 1.68. The topological polar surface area (TPSA) is 47.7 Å². The van der Waals surface area contributed by atoms with Crippen molar-refractivity contribution in [2.45, 2.75) is 25.8 Å². The zero-order valence-electron chi connectivity index (χ0n) is 12.4. The van der Waals surface area contributed by atoms with Gasteiger partial charge in [-0.3, -0.25) is 4.90 Å². The molecule has 0 radical (unpaired) electrons. The highest BCUT2D eigenvalue weighted by molar-refractivity contribution is 5.27. The highest BCUT2D eigenvalue weighted by Gasteiger charge is 2.09. The lowest BCUT2D eigenvalue weighted by Crippen LogP contribution is -2.37. The van der Waals surface area contributed by atoms with Crippen molar-refractivity contribution in [1.82, 2.24) is 4.90 Å². The average molecular weight is 278 g/mol. The molecule has 1 unspecified atom stereocenters. The summed E-state index contributed by atoms with van der Waals surface area (Å²) in [5.41, 5.74) is 7.05. The van der Waals surface area contributed by atoms with Gasteiger partial charge in [0.15, 0.2) is 0 Å². The van der Waals surface area contributed by atoms with Crippen LogP contribution in [-0.2, 0) is 11.2 Å². The fourth-order valence-corrected chi connectivity index (χ4v) is 2.40. The Morgan fingerprint density at radius 2 is 1.95 bits per heavy atom. The zero-order valence-corrected chi connectivity index (χ0v) is 12.4. The normalized spacial score (nSPS) is 17.9. The van der Waals surface area contributed by atoms with Gasteiger partial charge >= 0.3 is 0 Å². The van der Waals surface area contributed by atoms with Gasteiger partial charge in [0.1, 0.15) is 5.75 Å². The second-order valence-electron chi connectivity index (χ2n) is 5.48. The average Bonchev–Trinajstić information content (AvgIpc) is 2.46. The van der Waals surface area contributed by atoms with E-state index >= 15 is 0 Å². The minimum atomic E-state index is 0.204. The summed E-state index contributed by atoms with van der Waals surface area (Å²) in [7, 11) is 0. The summed E-state index contributed by atoms with van der Waals surface area (Å²) in [4.78, 5) is 2.43. The molecule has 0 aliphatic carbocycles. The van der Waals surface area contributed by atoms with Crippen molar-refractivity contribution in [2.24, 2.45) is 5.73 Å². The first-order valence-corrected chi connectivity index (χ1v) is 7.51. The monoisotopic (exact) mass is 278 g/mol. The molecule has 1 aromatic rings. The summed E-state index contributed by atoms with van der Waals surface area (Å²) in [5, 5.41) is 0. The van der Waals surface area contributed by atoms with Gasteiger partial charge in [0.25, 0.3) is 0 Å². The molecule has 20 heavy (non-hydrogen) atoms. The molecule has 1 atom stereocenters. The van der Waals surface area contributed by atoms with Crippen LogP contribution in [-0.4, -0.2) is 50.4 Å². The van der Waals surface area contributed by atoms with E-state index in [1.165, 1.54) is 5.56 Å². The summed E-state index contributed by atoms with van der Waals surface area (Å²) in [6.07, 6.45) is 1.97. The molecule has 4 nitrogen and oxygen atoms in total. The van der Waals surface area contributed by atoms with E-state index < -0.39 is 0 Å². The summed E-state index contributed by atoms with van der Waals surface area (Å²) >= 11 is 0. The first-order chi connectivity index (χ1) is 9.74. The molecule has 1 aliphatic heterocycles. The molecule has 112 valence electrons. The van der Waals surface area contributed by atoms with Gasteiger partial charge in [0.2, 0.25) is 0 Å². The Morgan fingerprint density at radius 3 is 2.60 bits per heavy atom. The summed E-state index contributed by atoms with van der Waals surface area (Å²) in [6.45, 7) is 7.70. The molecule has 0 bridgehead atoms. The van der Waals surface area contributed by atoms with Crippen LogP contribution >= 0.6 is 0 Å². The van der Waals surface area contributed by atoms with E-state index in [-0.39, 0.29) is 6.04 Å². The molecule has 2 rings (SSSR count). The van der Waals surface area contributed by atoms with Gasteiger partial charge in [-0.1, -0.05) is 12.1 Å². The summed E-state index contributed by atoms with van der Waals surface area (Å²) in [5.74, 6) is 0.945. The van der Waals surface area contributed by atoms with Crippen LogP contribution in [0.3, 0.4) is 0 Å². The summed E-state index contributed by atoms with van der Waals surface area (Å²) < 4.78 is 11.1. The lowest BCUT2D eigenvalue weighted by atomic mass is 10.1. The second kappa shape index (κ2) is 8.25. The van der Waals surface area contributed by atoms with Crippen molar-refractivity contribution < 1.29 is 9.47 Å². The van der Waals surface area contributed by atoms with Crippen LogP contribution in [0.5, 0.6) is 5.75 Å². The maximum atomic E-state index is 5.79. The first-order valence-electron chi connectivity index (χ1n) is 7.51. The maximum absolute atomic E-state index is 5.79. The molecule has 4 heteroatoms. The van der Waals surface area contributed by atoms with Gasteiger partial charge in [-0.15, -0.1) is 0 Å². The van der Waals surface area contributed by atoms with Crippen LogP contribution in [0.15, 0.2) is 24.3 Å². The highest BCUT2D eigenvalue weighted by atomic mass is 16.5. The van der Waals surface area contributed by atoms with E-state index in [4.69, 9.17) is 15.2 Å². The van der Waals surface area contributed by atoms with Crippen molar-refractivity contribution in [2.75, 3.05) is 39.5 Å². The maximum Gasteiger partial charge on any atom is 0.119 e. The number of benzene rings is 1. The lowest BCUT2D eigenvalue weighted by Gasteiger charge is -2.26. The Bertz CT molecular complexity index is 373. The van der Waals surface area contributed by atoms with E-state index in [2.05, 4.69) is 17.0 Å². The first kappa shape index (κ1) is 15.3. The van der Waals surface area contributed by atoms with Crippen molar-refractivity contribution in [1.29, 1.82) is 0 Å². The minimum Gasteiger partial charge on any atom is -0.494 e. The molecule has 1 saturated heterocycles. The number of hydrogen-bond acceptors (Lipinski definition) is 4. The Hall–Kier alpha value is -1.10. The number of morpholine rings is 1. The van der Waals surface area contributed by atoms with Crippen LogP contribution < -0.4 is 10.5 Å². The molecule has 2 N–H and O–H groups in total. The van der Waals surface area contributed by atoms with Gasteiger partial charge in [-0.05, 0) is 37.5 Å². The highest BCUT2D eigenvalue weighted by Crippen LogP contribution is 2.13. The van der Waals surface area contributed by atoms with Crippen molar-refractivity contribution in [3.63, 3.8) is 0 Å². The Morgan fingerprint density at radius 1 is 1.25 bits per heavy atom. The quantitative estimate of drug-likeness (QED) is 0.771. The SMILES string of the molecule is CC(N)Cc1ccc(OCCCN2CCOCC2)cc1. The van der Waals surface area contributed by atoms with Crippen LogP contribution in [0, 0.1) is 0 Å². The zero-order chi connectivity index (χ0) is 14.2. The molecule has 0 amide bonds. The van der Waals surface area contributed by atoms with E-state index in [0.717, 1.165) is 58.0 Å². The van der Waals surface area contributed by atoms with Gasteiger partial charge in [-0.2, -0.15) is 0 Å². The summed E-state index contributed by atoms with van der Waals surface area (Å²) in [6, 6.07) is 8.47. The Labute approximate surface area is 121 Å². The Balaban J connectivity index is 1.63. The molecule has 0 aromatic heterocycles. The lowest BCUT2D eigenvalue weighted by molar-refractivity contribution is 0.0358. The van der Waals surface area contributed by atoms with Gasteiger partial charge in [-0.25, -0.2) is 0 Å². The fraction of sp³-hybridized carbons (Fsp3) is 0.625. The number of hydrogen-bond donors (Lipinski definition) is 1. The third-order valence-corrected chi connectivity index (χ3v) is 3.47. The van der Waals surface area contributed by atoms with Crippen molar-refractivity contribution >= 4 is 0 Å².